The van der Waals surface area contributed by atoms with Gasteiger partial charge in [0.15, 0.2) is 0 Å². The maximum atomic E-state index is 11.3. The van der Waals surface area contributed by atoms with Crippen LogP contribution in [0.4, 0.5) is 0 Å². The predicted molar refractivity (Wildman–Crippen MR) is 54.7 cm³/mol. The summed E-state index contributed by atoms with van der Waals surface area (Å²) in [6, 6.07) is 0.690. The highest BCUT2D eigenvalue weighted by molar-refractivity contribution is 5.81. The van der Waals surface area contributed by atoms with Crippen LogP contribution in [0.25, 0.3) is 0 Å². The third kappa shape index (κ3) is 2.53. The lowest BCUT2D eigenvalue weighted by atomic mass is 9.96. The second-order valence-electron chi connectivity index (χ2n) is 4.08. The van der Waals surface area contributed by atoms with Crippen LogP contribution in [0.2, 0.25) is 0 Å². The van der Waals surface area contributed by atoms with Gasteiger partial charge in [-0.2, -0.15) is 0 Å². The van der Waals surface area contributed by atoms with Gasteiger partial charge in [0.1, 0.15) is 5.78 Å². The molecule has 1 aliphatic heterocycles. The molecule has 0 bridgehead atoms. The van der Waals surface area contributed by atoms with E-state index in [0.717, 1.165) is 19.5 Å². The van der Waals surface area contributed by atoms with Crippen molar-refractivity contribution in [1.82, 2.24) is 4.90 Å². The number of piperidine rings is 1. The summed E-state index contributed by atoms with van der Waals surface area (Å²) >= 11 is 0. The van der Waals surface area contributed by atoms with Crippen molar-refractivity contribution < 1.29 is 4.79 Å². The summed E-state index contributed by atoms with van der Waals surface area (Å²) in [4.78, 5) is 13.8. The van der Waals surface area contributed by atoms with Crippen molar-refractivity contribution in [2.75, 3.05) is 13.1 Å². The average Bonchev–Trinajstić information content (AvgIpc) is 2.13. The van der Waals surface area contributed by atoms with Crippen LogP contribution in [-0.4, -0.2) is 29.8 Å². The monoisotopic (exact) mass is 183 g/mol. The van der Waals surface area contributed by atoms with Gasteiger partial charge in [-0.1, -0.05) is 20.8 Å². The maximum absolute atomic E-state index is 11.3. The van der Waals surface area contributed by atoms with E-state index in [2.05, 4.69) is 25.7 Å². The van der Waals surface area contributed by atoms with Crippen molar-refractivity contribution in [2.24, 2.45) is 5.92 Å². The quantitative estimate of drug-likeness (QED) is 0.667. The summed E-state index contributed by atoms with van der Waals surface area (Å²) < 4.78 is 0. The molecule has 76 valence electrons. The number of carbonyl (C=O) groups excluding carboxylic acids is 1. The zero-order valence-electron chi connectivity index (χ0n) is 9.05. The molecule has 0 amide bonds. The third-order valence-corrected chi connectivity index (χ3v) is 3.16. The number of Topliss-reactive ketones (excluding diaryl/α,β-unsaturated/α-hetero) is 1. The molecule has 13 heavy (non-hydrogen) atoms. The Labute approximate surface area is 81.3 Å². The van der Waals surface area contributed by atoms with Crippen LogP contribution in [0, 0.1) is 5.92 Å². The second kappa shape index (κ2) is 4.75. The maximum Gasteiger partial charge on any atom is 0.138 e. The van der Waals surface area contributed by atoms with Crippen LogP contribution in [0.1, 0.15) is 40.0 Å². The summed E-state index contributed by atoms with van der Waals surface area (Å²) in [5.41, 5.74) is 0. The van der Waals surface area contributed by atoms with Gasteiger partial charge in [-0.05, 0) is 12.8 Å². The van der Waals surface area contributed by atoms with Gasteiger partial charge >= 0.3 is 0 Å². The van der Waals surface area contributed by atoms with Crippen molar-refractivity contribution in [3.05, 3.63) is 0 Å². The molecule has 2 nitrogen and oxygen atoms in total. The summed E-state index contributed by atoms with van der Waals surface area (Å²) in [5, 5.41) is 0. The minimum Gasteiger partial charge on any atom is -0.299 e. The van der Waals surface area contributed by atoms with E-state index < -0.39 is 0 Å². The van der Waals surface area contributed by atoms with Crippen molar-refractivity contribution in [3.8, 4) is 0 Å². The van der Waals surface area contributed by atoms with E-state index in [9.17, 15) is 4.79 Å². The van der Waals surface area contributed by atoms with Crippen LogP contribution in [0.5, 0.6) is 0 Å². The average molecular weight is 183 g/mol. The molecule has 0 saturated carbocycles. The van der Waals surface area contributed by atoms with Crippen molar-refractivity contribution in [3.63, 3.8) is 0 Å². The molecule has 0 aliphatic carbocycles. The van der Waals surface area contributed by atoms with E-state index in [4.69, 9.17) is 0 Å². The number of carbonyl (C=O) groups is 1. The fraction of sp³-hybridized carbons (Fsp3) is 0.909. The first-order chi connectivity index (χ1) is 6.19. The Hall–Kier alpha value is -0.370. The molecule has 2 heteroatoms. The number of rotatable bonds is 3. The standard InChI is InChI=1S/C11H21NO/c1-4-10(5-2)12-7-6-11(13)9(3)8-12/h9-10H,4-8H2,1-3H3. The Morgan fingerprint density at radius 1 is 1.46 bits per heavy atom. The minimum absolute atomic E-state index is 0.259. The number of ketones is 1. The third-order valence-electron chi connectivity index (χ3n) is 3.16. The lowest BCUT2D eigenvalue weighted by molar-refractivity contribution is -0.126. The summed E-state index contributed by atoms with van der Waals surface area (Å²) in [6.07, 6.45) is 3.17. The van der Waals surface area contributed by atoms with Crippen molar-refractivity contribution in [2.45, 2.75) is 46.1 Å². The number of likely N-dealkylation sites (tertiary alicyclic amines) is 1. The van der Waals surface area contributed by atoms with Crippen LogP contribution in [0.15, 0.2) is 0 Å². The number of nitrogens with zero attached hydrogens (tertiary/aromatic N) is 1. The Balaban J connectivity index is 2.48. The lowest BCUT2D eigenvalue weighted by Crippen LogP contribution is -2.45. The highest BCUT2D eigenvalue weighted by atomic mass is 16.1. The Morgan fingerprint density at radius 3 is 2.54 bits per heavy atom. The highest BCUT2D eigenvalue weighted by Gasteiger charge is 2.26. The van der Waals surface area contributed by atoms with E-state index in [1.165, 1.54) is 12.8 Å². The SMILES string of the molecule is CCC(CC)N1CCC(=O)C(C)C1. The minimum atomic E-state index is 0.259. The van der Waals surface area contributed by atoms with Gasteiger partial charge in [0.2, 0.25) is 0 Å². The zero-order valence-corrected chi connectivity index (χ0v) is 9.05. The molecular weight excluding hydrogens is 162 g/mol. The van der Waals surface area contributed by atoms with E-state index in [0.29, 0.717) is 11.8 Å². The Bertz CT molecular complexity index is 175. The molecule has 1 fully saturated rings. The van der Waals surface area contributed by atoms with E-state index in [-0.39, 0.29) is 5.92 Å². The van der Waals surface area contributed by atoms with E-state index >= 15 is 0 Å². The molecule has 1 rings (SSSR count). The molecule has 1 heterocycles. The number of hydrogen-bond donors (Lipinski definition) is 0. The smallest absolute Gasteiger partial charge is 0.138 e. The van der Waals surface area contributed by atoms with Gasteiger partial charge in [-0.3, -0.25) is 9.69 Å². The van der Waals surface area contributed by atoms with Crippen molar-refractivity contribution >= 4 is 5.78 Å². The number of hydrogen-bond acceptors (Lipinski definition) is 2. The molecule has 0 spiro atoms. The Morgan fingerprint density at radius 2 is 2.08 bits per heavy atom. The van der Waals surface area contributed by atoms with Crippen molar-refractivity contribution in [1.29, 1.82) is 0 Å². The molecular formula is C11H21NO. The second-order valence-corrected chi connectivity index (χ2v) is 4.08. The molecule has 0 radical (unpaired) electrons. The molecule has 0 aromatic heterocycles. The van der Waals surface area contributed by atoms with Crippen LogP contribution in [-0.2, 0) is 4.79 Å². The van der Waals surface area contributed by atoms with Gasteiger partial charge in [0.25, 0.3) is 0 Å². The molecule has 1 atom stereocenters. The van der Waals surface area contributed by atoms with Crippen LogP contribution >= 0.6 is 0 Å². The largest absolute Gasteiger partial charge is 0.299 e. The van der Waals surface area contributed by atoms with Gasteiger partial charge in [-0.25, -0.2) is 0 Å². The summed E-state index contributed by atoms with van der Waals surface area (Å²) in [5.74, 6) is 0.705. The first kappa shape index (κ1) is 10.7. The lowest BCUT2D eigenvalue weighted by Gasteiger charge is -2.35. The zero-order chi connectivity index (χ0) is 9.84. The molecule has 1 aliphatic rings. The van der Waals surface area contributed by atoms with Crippen LogP contribution in [0.3, 0.4) is 0 Å². The predicted octanol–water partition coefficient (Wildman–Crippen LogP) is 2.09. The van der Waals surface area contributed by atoms with E-state index in [1.807, 2.05) is 0 Å². The van der Waals surface area contributed by atoms with Gasteiger partial charge in [0.05, 0.1) is 0 Å². The molecule has 1 saturated heterocycles. The Kier molecular flexibility index (Phi) is 3.91. The van der Waals surface area contributed by atoms with Gasteiger partial charge in [0, 0.05) is 31.5 Å². The first-order valence-electron chi connectivity index (χ1n) is 5.45. The fourth-order valence-corrected chi connectivity index (χ4v) is 2.18. The molecule has 0 N–H and O–H groups in total. The molecule has 0 aromatic rings. The summed E-state index contributed by atoms with van der Waals surface area (Å²) in [7, 11) is 0. The molecule has 1 unspecified atom stereocenters. The van der Waals surface area contributed by atoms with E-state index in [1.54, 1.807) is 0 Å². The molecule has 0 aromatic carbocycles. The first-order valence-corrected chi connectivity index (χ1v) is 5.45. The van der Waals surface area contributed by atoms with Crippen LogP contribution < -0.4 is 0 Å². The van der Waals surface area contributed by atoms with Gasteiger partial charge in [-0.15, -0.1) is 0 Å². The topological polar surface area (TPSA) is 20.3 Å². The highest BCUT2D eigenvalue weighted by Crippen LogP contribution is 2.17. The van der Waals surface area contributed by atoms with Gasteiger partial charge < -0.3 is 0 Å². The fourth-order valence-electron chi connectivity index (χ4n) is 2.18. The normalized spacial score (nSPS) is 25.5. The summed E-state index contributed by atoms with van der Waals surface area (Å²) in [6.45, 7) is 8.47.